The van der Waals surface area contributed by atoms with E-state index in [1.54, 1.807) is 18.3 Å². The van der Waals surface area contributed by atoms with Crippen LogP contribution >= 0.6 is 23.2 Å². The first-order chi connectivity index (χ1) is 17.8. The SMILES string of the molecule is COc1cc(NC(=O)N[C@H]2[C@@H]3c4cc(Oc5ccnc6c5CCC(=O)N6)ccc4OC23C)c(Cl)cc1Cl. The molecule has 3 aliphatic rings. The lowest BCUT2D eigenvalue weighted by molar-refractivity contribution is -0.116. The molecule has 1 unspecified atom stereocenters. The molecule has 0 bridgehead atoms. The molecule has 0 saturated heterocycles. The molecule has 1 saturated carbocycles. The molecule has 3 heterocycles. The predicted molar refractivity (Wildman–Crippen MR) is 138 cm³/mol. The van der Waals surface area contributed by atoms with Crippen molar-refractivity contribution in [1.82, 2.24) is 10.3 Å². The number of methoxy groups -OCH3 is 1. The first-order valence-corrected chi connectivity index (χ1v) is 12.4. The molecule has 3 aromatic rings. The summed E-state index contributed by atoms with van der Waals surface area (Å²) in [6.07, 6.45) is 2.55. The number of urea groups is 1. The van der Waals surface area contributed by atoms with Crippen LogP contribution in [0.1, 0.15) is 30.4 Å². The van der Waals surface area contributed by atoms with Gasteiger partial charge in [0.2, 0.25) is 5.91 Å². The van der Waals surface area contributed by atoms with Crippen molar-refractivity contribution < 1.29 is 23.8 Å². The minimum Gasteiger partial charge on any atom is -0.495 e. The number of pyridine rings is 1. The first kappa shape index (κ1) is 23.7. The molecule has 37 heavy (non-hydrogen) atoms. The number of carbonyl (C=O) groups is 2. The standard InChI is InChI=1S/C26H22Cl2N4O5/c1-26-22(23(26)32-25(34)30-17-11-20(35-2)16(28)10-15(17)27)14-9-12(3-5-19(14)37-26)36-18-7-8-29-24-13(18)4-6-21(33)31-24/h3,5,7-11,22-23H,4,6H2,1-2H3,(H,29,31,33)(H2,30,32,34)/t22-,23-,26?/m0/s1. The van der Waals surface area contributed by atoms with Gasteiger partial charge in [0.15, 0.2) is 0 Å². The summed E-state index contributed by atoms with van der Waals surface area (Å²) in [5.41, 5.74) is 1.63. The number of ether oxygens (including phenoxy) is 3. The van der Waals surface area contributed by atoms with E-state index in [2.05, 4.69) is 20.9 Å². The maximum absolute atomic E-state index is 12.8. The van der Waals surface area contributed by atoms with Crippen LogP contribution in [0.25, 0.3) is 0 Å². The van der Waals surface area contributed by atoms with Gasteiger partial charge in [-0.15, -0.1) is 0 Å². The van der Waals surface area contributed by atoms with Gasteiger partial charge in [-0.05, 0) is 43.7 Å². The van der Waals surface area contributed by atoms with Gasteiger partial charge in [0.1, 0.15) is 34.4 Å². The number of benzene rings is 2. The van der Waals surface area contributed by atoms with E-state index < -0.39 is 11.6 Å². The fourth-order valence-corrected chi connectivity index (χ4v) is 5.56. The highest BCUT2D eigenvalue weighted by molar-refractivity contribution is 6.37. The Bertz CT molecular complexity index is 1470. The molecular weight excluding hydrogens is 519 g/mol. The Morgan fingerprint density at radius 3 is 2.81 bits per heavy atom. The molecule has 3 N–H and O–H groups in total. The van der Waals surface area contributed by atoms with Crippen molar-refractivity contribution in [1.29, 1.82) is 0 Å². The number of carbonyl (C=O) groups excluding carboxylic acids is 2. The van der Waals surface area contributed by atoms with Crippen LogP contribution in [0.4, 0.5) is 16.3 Å². The van der Waals surface area contributed by atoms with E-state index in [9.17, 15) is 9.59 Å². The Labute approximate surface area is 222 Å². The summed E-state index contributed by atoms with van der Waals surface area (Å²) in [7, 11) is 1.49. The van der Waals surface area contributed by atoms with E-state index in [0.29, 0.717) is 51.6 Å². The summed E-state index contributed by atoms with van der Waals surface area (Å²) in [5.74, 6) is 2.87. The second-order valence-corrected chi connectivity index (χ2v) is 10.1. The van der Waals surface area contributed by atoms with Crippen molar-refractivity contribution in [3.8, 4) is 23.0 Å². The molecule has 11 heteroatoms. The number of nitrogens with zero attached hydrogens (tertiary/aromatic N) is 1. The maximum atomic E-state index is 12.8. The molecule has 1 aliphatic carbocycles. The van der Waals surface area contributed by atoms with Crippen molar-refractivity contribution in [2.75, 3.05) is 17.7 Å². The Balaban J connectivity index is 1.17. The van der Waals surface area contributed by atoms with Gasteiger partial charge in [0, 0.05) is 29.8 Å². The Morgan fingerprint density at radius 2 is 2.00 bits per heavy atom. The number of amides is 3. The molecule has 1 fully saturated rings. The minimum atomic E-state index is -0.570. The summed E-state index contributed by atoms with van der Waals surface area (Å²) < 4.78 is 17.6. The molecule has 190 valence electrons. The summed E-state index contributed by atoms with van der Waals surface area (Å²) in [6, 6.07) is 9.84. The Hall–Kier alpha value is -3.69. The first-order valence-electron chi connectivity index (χ1n) is 11.7. The maximum Gasteiger partial charge on any atom is 0.319 e. The van der Waals surface area contributed by atoms with Crippen molar-refractivity contribution in [2.24, 2.45) is 0 Å². The van der Waals surface area contributed by atoms with Crippen molar-refractivity contribution >= 4 is 46.6 Å². The molecule has 3 amide bonds. The average molecular weight is 541 g/mol. The van der Waals surface area contributed by atoms with Crippen LogP contribution in [-0.2, 0) is 11.2 Å². The van der Waals surface area contributed by atoms with Gasteiger partial charge in [-0.3, -0.25) is 4.79 Å². The molecule has 9 nitrogen and oxygen atoms in total. The van der Waals surface area contributed by atoms with Crippen molar-refractivity contribution in [3.05, 3.63) is 63.8 Å². The van der Waals surface area contributed by atoms with Crippen LogP contribution in [0.2, 0.25) is 10.0 Å². The second kappa shape index (κ2) is 8.71. The summed E-state index contributed by atoms with van der Waals surface area (Å²) in [4.78, 5) is 28.7. The van der Waals surface area contributed by atoms with E-state index >= 15 is 0 Å². The molecular formula is C26H22Cl2N4O5. The lowest BCUT2D eigenvalue weighted by atomic mass is 10.1. The zero-order chi connectivity index (χ0) is 25.9. The monoisotopic (exact) mass is 540 g/mol. The number of hydrogen-bond acceptors (Lipinski definition) is 6. The smallest absolute Gasteiger partial charge is 0.319 e. The largest absolute Gasteiger partial charge is 0.495 e. The molecule has 0 radical (unpaired) electrons. The van der Waals surface area contributed by atoms with Gasteiger partial charge in [-0.25, -0.2) is 9.78 Å². The highest BCUT2D eigenvalue weighted by Gasteiger charge is 2.70. The number of fused-ring (bicyclic) bond motifs is 4. The molecule has 6 rings (SSSR count). The highest BCUT2D eigenvalue weighted by Crippen LogP contribution is 2.62. The average Bonchev–Trinajstić information content (AvgIpc) is 3.28. The van der Waals surface area contributed by atoms with Crippen LogP contribution in [0.5, 0.6) is 23.0 Å². The number of aromatic nitrogens is 1. The summed E-state index contributed by atoms with van der Waals surface area (Å²) in [6.45, 7) is 1.96. The molecule has 1 aromatic heterocycles. The van der Waals surface area contributed by atoms with E-state index in [0.717, 1.165) is 16.9 Å². The minimum absolute atomic E-state index is 0.0438. The van der Waals surface area contributed by atoms with Crippen LogP contribution in [0.15, 0.2) is 42.6 Å². The van der Waals surface area contributed by atoms with Crippen molar-refractivity contribution in [3.63, 3.8) is 0 Å². The zero-order valence-electron chi connectivity index (χ0n) is 19.9. The van der Waals surface area contributed by atoms with Crippen LogP contribution in [0, 0.1) is 0 Å². The van der Waals surface area contributed by atoms with Crippen LogP contribution in [0.3, 0.4) is 0 Å². The van der Waals surface area contributed by atoms with E-state index in [-0.39, 0.29) is 17.9 Å². The lowest BCUT2D eigenvalue weighted by Gasteiger charge is -2.19. The van der Waals surface area contributed by atoms with E-state index in [1.165, 1.54) is 13.2 Å². The van der Waals surface area contributed by atoms with Gasteiger partial charge in [0.05, 0.1) is 34.8 Å². The zero-order valence-corrected chi connectivity index (χ0v) is 21.4. The van der Waals surface area contributed by atoms with Crippen molar-refractivity contribution in [2.45, 2.75) is 37.3 Å². The second-order valence-electron chi connectivity index (χ2n) is 9.29. The number of nitrogens with one attached hydrogen (secondary N) is 3. The van der Waals surface area contributed by atoms with E-state index in [4.69, 9.17) is 37.4 Å². The fraction of sp³-hybridized carbons (Fsp3) is 0.269. The van der Waals surface area contributed by atoms with Gasteiger partial charge in [-0.1, -0.05) is 23.2 Å². The number of hydrogen-bond donors (Lipinski definition) is 3. The molecule has 0 spiro atoms. The normalized spacial score (nSPS) is 22.5. The van der Waals surface area contributed by atoms with Gasteiger partial charge < -0.3 is 30.2 Å². The predicted octanol–water partition coefficient (Wildman–Crippen LogP) is 5.51. The summed E-state index contributed by atoms with van der Waals surface area (Å²) >= 11 is 12.3. The third-order valence-electron chi connectivity index (χ3n) is 6.98. The third-order valence-corrected chi connectivity index (χ3v) is 7.59. The van der Waals surface area contributed by atoms with Gasteiger partial charge in [-0.2, -0.15) is 0 Å². The third kappa shape index (κ3) is 4.08. The number of halogens is 2. The molecule has 2 aliphatic heterocycles. The highest BCUT2D eigenvalue weighted by atomic mass is 35.5. The topological polar surface area (TPSA) is 111 Å². The van der Waals surface area contributed by atoms with E-state index in [1.807, 2.05) is 25.1 Å². The number of rotatable bonds is 5. The molecule has 2 aromatic carbocycles. The van der Waals surface area contributed by atoms with Gasteiger partial charge in [0.25, 0.3) is 0 Å². The van der Waals surface area contributed by atoms with Crippen LogP contribution in [-0.4, -0.2) is 35.7 Å². The Kier molecular flexibility index (Phi) is 5.58. The number of anilines is 2. The Morgan fingerprint density at radius 1 is 1.16 bits per heavy atom. The summed E-state index contributed by atoms with van der Waals surface area (Å²) in [5, 5.41) is 9.16. The quantitative estimate of drug-likeness (QED) is 0.393. The van der Waals surface area contributed by atoms with Gasteiger partial charge >= 0.3 is 6.03 Å². The lowest BCUT2D eigenvalue weighted by Crippen LogP contribution is -2.37. The fourth-order valence-electron chi connectivity index (χ4n) is 5.06. The molecule has 3 atom stereocenters. The van der Waals surface area contributed by atoms with Crippen LogP contribution < -0.4 is 30.2 Å².